The van der Waals surface area contributed by atoms with E-state index in [0.717, 1.165) is 5.56 Å². The smallest absolute Gasteiger partial charge is 0.164 e. The monoisotopic (exact) mass is 270 g/mol. The van der Waals surface area contributed by atoms with Crippen LogP contribution in [-0.2, 0) is 4.74 Å². The Balaban J connectivity index is 3.30. The Hall–Kier alpha value is -1.46. The van der Waals surface area contributed by atoms with E-state index < -0.39 is 12.2 Å². The van der Waals surface area contributed by atoms with Gasteiger partial charge in [0.2, 0.25) is 0 Å². The summed E-state index contributed by atoms with van der Waals surface area (Å²) in [6.07, 6.45) is -1.13. The number of benzene rings is 1. The van der Waals surface area contributed by atoms with Crippen molar-refractivity contribution in [3.8, 4) is 17.2 Å². The first kappa shape index (κ1) is 15.6. The third-order valence-electron chi connectivity index (χ3n) is 2.83. The summed E-state index contributed by atoms with van der Waals surface area (Å²) in [5.41, 5.74) is 0.733. The van der Waals surface area contributed by atoms with Gasteiger partial charge in [0.25, 0.3) is 0 Å². The summed E-state index contributed by atoms with van der Waals surface area (Å²) < 4.78 is 21.4. The molecule has 0 unspecified atom stereocenters. The maximum atomic E-state index is 9.85. The summed E-state index contributed by atoms with van der Waals surface area (Å²) in [7, 11) is 4.69. The zero-order valence-electron chi connectivity index (χ0n) is 12.1. The normalized spacial score (nSPS) is 13.8. The Morgan fingerprint density at radius 3 is 1.95 bits per heavy atom. The number of aliphatic hydroxyl groups excluding tert-OH is 1. The van der Waals surface area contributed by atoms with E-state index in [1.807, 2.05) is 6.92 Å². The van der Waals surface area contributed by atoms with Gasteiger partial charge in [-0.2, -0.15) is 0 Å². The molecule has 5 heteroatoms. The van der Waals surface area contributed by atoms with Gasteiger partial charge in [-0.3, -0.25) is 0 Å². The number of hydrogen-bond acceptors (Lipinski definition) is 5. The Morgan fingerprint density at radius 1 is 1.00 bits per heavy atom. The van der Waals surface area contributed by atoms with Crippen molar-refractivity contribution >= 4 is 0 Å². The van der Waals surface area contributed by atoms with Crippen molar-refractivity contribution in [2.45, 2.75) is 26.1 Å². The van der Waals surface area contributed by atoms with Crippen molar-refractivity contribution in [1.29, 1.82) is 0 Å². The van der Waals surface area contributed by atoms with Gasteiger partial charge in [-0.15, -0.1) is 0 Å². The molecule has 2 atom stereocenters. The number of methoxy groups -OCH3 is 3. The Bertz CT molecular complexity index is 403. The average Bonchev–Trinajstić information content (AvgIpc) is 2.42. The van der Waals surface area contributed by atoms with E-state index in [1.54, 1.807) is 40.4 Å². The number of aliphatic hydroxyl groups is 1. The average molecular weight is 270 g/mol. The summed E-state index contributed by atoms with van der Waals surface area (Å²) in [6.45, 7) is 4.05. The van der Waals surface area contributed by atoms with E-state index in [-0.39, 0.29) is 0 Å². The van der Waals surface area contributed by atoms with Gasteiger partial charge in [-0.05, 0) is 19.9 Å². The van der Waals surface area contributed by atoms with Crippen LogP contribution in [0.25, 0.3) is 0 Å². The van der Waals surface area contributed by atoms with Crippen molar-refractivity contribution in [2.75, 3.05) is 27.9 Å². The molecule has 0 radical (unpaired) electrons. The highest BCUT2D eigenvalue weighted by molar-refractivity contribution is 5.51. The summed E-state index contributed by atoms with van der Waals surface area (Å²) in [5.74, 6) is 1.74. The van der Waals surface area contributed by atoms with Crippen LogP contribution in [0.4, 0.5) is 0 Å². The second-order valence-electron chi connectivity index (χ2n) is 4.07. The molecule has 0 fully saturated rings. The molecule has 0 aliphatic heterocycles. The van der Waals surface area contributed by atoms with Gasteiger partial charge in [-0.25, -0.2) is 0 Å². The van der Waals surface area contributed by atoms with Gasteiger partial charge in [0.15, 0.2) is 11.5 Å². The van der Waals surface area contributed by atoms with Gasteiger partial charge >= 0.3 is 0 Å². The lowest BCUT2D eigenvalue weighted by molar-refractivity contribution is -0.0271. The fourth-order valence-corrected chi connectivity index (χ4v) is 1.94. The molecule has 0 aliphatic carbocycles. The molecule has 0 spiro atoms. The molecule has 0 aromatic heterocycles. The van der Waals surface area contributed by atoms with E-state index in [4.69, 9.17) is 18.9 Å². The predicted octanol–water partition coefficient (Wildman–Crippen LogP) is 2.17. The Morgan fingerprint density at radius 2 is 1.53 bits per heavy atom. The third-order valence-corrected chi connectivity index (χ3v) is 2.83. The summed E-state index contributed by atoms with van der Waals surface area (Å²) >= 11 is 0. The Labute approximate surface area is 114 Å². The minimum absolute atomic E-state index is 0.472. The molecule has 1 aromatic rings. The molecule has 1 rings (SSSR count). The van der Waals surface area contributed by atoms with Crippen LogP contribution in [0.2, 0.25) is 0 Å². The summed E-state index contributed by atoms with van der Waals surface area (Å²) in [5, 5.41) is 9.85. The lowest BCUT2D eigenvalue weighted by Gasteiger charge is -2.23. The topological polar surface area (TPSA) is 57.2 Å². The zero-order chi connectivity index (χ0) is 14.4. The summed E-state index contributed by atoms with van der Waals surface area (Å²) in [6, 6.07) is 3.49. The second-order valence-corrected chi connectivity index (χ2v) is 4.07. The highest BCUT2D eigenvalue weighted by Gasteiger charge is 2.24. The van der Waals surface area contributed by atoms with E-state index in [2.05, 4.69) is 0 Å². The quantitative estimate of drug-likeness (QED) is 0.823. The number of hydrogen-bond donors (Lipinski definition) is 1. The van der Waals surface area contributed by atoms with E-state index >= 15 is 0 Å². The third kappa shape index (κ3) is 3.52. The molecular weight excluding hydrogens is 248 g/mol. The van der Waals surface area contributed by atoms with Crippen molar-refractivity contribution in [1.82, 2.24) is 0 Å². The first-order chi connectivity index (χ1) is 9.08. The van der Waals surface area contributed by atoms with Gasteiger partial charge < -0.3 is 24.1 Å². The molecule has 0 amide bonds. The number of ether oxygens (including phenoxy) is 4. The van der Waals surface area contributed by atoms with Crippen LogP contribution in [0.1, 0.15) is 25.5 Å². The van der Waals surface area contributed by atoms with Crippen LogP contribution in [-0.4, -0.2) is 39.1 Å². The summed E-state index contributed by atoms with van der Waals surface area (Å²) in [4.78, 5) is 0. The van der Waals surface area contributed by atoms with E-state index in [9.17, 15) is 5.11 Å². The second kappa shape index (κ2) is 7.21. The fraction of sp³-hybridized carbons (Fsp3) is 0.571. The predicted molar refractivity (Wildman–Crippen MR) is 72.1 cm³/mol. The minimum atomic E-state index is -0.660. The molecular formula is C14H22O5. The molecule has 108 valence electrons. The van der Waals surface area contributed by atoms with Crippen molar-refractivity contribution in [3.05, 3.63) is 17.7 Å². The Kier molecular flexibility index (Phi) is 5.92. The van der Waals surface area contributed by atoms with Crippen LogP contribution in [0.3, 0.4) is 0 Å². The van der Waals surface area contributed by atoms with Crippen molar-refractivity contribution < 1.29 is 24.1 Å². The van der Waals surface area contributed by atoms with Gasteiger partial charge in [0.1, 0.15) is 11.9 Å². The lowest BCUT2D eigenvalue weighted by atomic mass is 10.0. The largest absolute Gasteiger partial charge is 0.496 e. The molecule has 1 N–H and O–H groups in total. The minimum Gasteiger partial charge on any atom is -0.496 e. The number of rotatable bonds is 7. The van der Waals surface area contributed by atoms with Crippen LogP contribution in [0, 0.1) is 0 Å². The van der Waals surface area contributed by atoms with Crippen LogP contribution >= 0.6 is 0 Å². The molecule has 0 bridgehead atoms. The van der Waals surface area contributed by atoms with E-state index in [0.29, 0.717) is 23.9 Å². The molecule has 19 heavy (non-hydrogen) atoms. The standard InChI is InChI=1S/C14H22O5/c1-6-19-14(9(2)15)10-7-12(17-4)13(18-5)8-11(10)16-3/h7-9,14-15H,6H2,1-5H3/t9-,14-/m1/s1. The zero-order valence-corrected chi connectivity index (χ0v) is 12.1. The van der Waals surface area contributed by atoms with Crippen molar-refractivity contribution in [2.24, 2.45) is 0 Å². The molecule has 1 aromatic carbocycles. The van der Waals surface area contributed by atoms with Gasteiger partial charge in [-0.1, -0.05) is 0 Å². The molecule has 0 saturated heterocycles. The first-order valence-corrected chi connectivity index (χ1v) is 6.18. The van der Waals surface area contributed by atoms with E-state index in [1.165, 1.54) is 0 Å². The SMILES string of the molecule is CCO[C@@H](c1cc(OC)c(OC)cc1OC)[C@@H](C)O. The maximum Gasteiger partial charge on any atom is 0.164 e. The van der Waals surface area contributed by atoms with Crippen molar-refractivity contribution in [3.63, 3.8) is 0 Å². The maximum absolute atomic E-state index is 9.85. The van der Waals surface area contributed by atoms with Gasteiger partial charge in [0.05, 0.1) is 27.4 Å². The molecule has 5 nitrogen and oxygen atoms in total. The lowest BCUT2D eigenvalue weighted by Crippen LogP contribution is -2.19. The molecule has 0 aliphatic rings. The van der Waals surface area contributed by atoms with Gasteiger partial charge in [0, 0.05) is 18.2 Å². The highest BCUT2D eigenvalue weighted by atomic mass is 16.5. The van der Waals surface area contributed by atoms with Crippen LogP contribution < -0.4 is 14.2 Å². The van der Waals surface area contributed by atoms with Crippen LogP contribution in [0.5, 0.6) is 17.2 Å². The fourth-order valence-electron chi connectivity index (χ4n) is 1.94. The molecule has 0 heterocycles. The molecule has 0 saturated carbocycles. The highest BCUT2D eigenvalue weighted by Crippen LogP contribution is 2.39. The van der Waals surface area contributed by atoms with Crippen LogP contribution in [0.15, 0.2) is 12.1 Å². The first-order valence-electron chi connectivity index (χ1n) is 6.18.